The molecule has 20 heavy (non-hydrogen) atoms. The van der Waals surface area contributed by atoms with Gasteiger partial charge in [-0.15, -0.1) is 0 Å². The van der Waals surface area contributed by atoms with Gasteiger partial charge in [0.2, 0.25) is 0 Å². The summed E-state index contributed by atoms with van der Waals surface area (Å²) in [5.41, 5.74) is 1.97. The summed E-state index contributed by atoms with van der Waals surface area (Å²) in [6, 6.07) is 21.4. The minimum absolute atomic E-state index is 0.303. The van der Waals surface area contributed by atoms with Gasteiger partial charge in [-0.2, -0.15) is 5.26 Å². The van der Waals surface area contributed by atoms with Crippen LogP contribution >= 0.6 is 22.6 Å². The zero-order valence-electron chi connectivity index (χ0n) is 11.0. The van der Waals surface area contributed by atoms with Crippen LogP contribution in [0.3, 0.4) is 0 Å². The van der Waals surface area contributed by atoms with Crippen LogP contribution in [0.15, 0.2) is 54.6 Å². The number of benzene rings is 2. The summed E-state index contributed by atoms with van der Waals surface area (Å²) in [6.07, 6.45) is 1.75. The van der Waals surface area contributed by atoms with E-state index in [4.69, 9.17) is 0 Å². The predicted molar refractivity (Wildman–Crippen MR) is 89.5 cm³/mol. The molecule has 0 heterocycles. The largest absolute Gasteiger partial charge is 0.382 e. The molecule has 3 heteroatoms. The van der Waals surface area contributed by atoms with Crippen LogP contribution in [0.1, 0.15) is 18.4 Å². The van der Waals surface area contributed by atoms with Crippen molar-refractivity contribution in [2.75, 3.05) is 5.32 Å². The molecule has 0 amide bonds. The number of halogens is 1. The fourth-order valence-electron chi connectivity index (χ4n) is 2.81. The molecule has 1 aliphatic rings. The summed E-state index contributed by atoms with van der Waals surface area (Å²) in [6.45, 7) is 0. The number of hydrogen-bond acceptors (Lipinski definition) is 2. The molecular weight excluding hydrogens is 359 g/mol. The van der Waals surface area contributed by atoms with Crippen molar-refractivity contribution in [3.8, 4) is 6.07 Å². The minimum Gasteiger partial charge on any atom is -0.382 e. The minimum atomic E-state index is -0.303. The summed E-state index contributed by atoms with van der Waals surface area (Å²) in [5.74, 6) is 0. The highest BCUT2D eigenvalue weighted by molar-refractivity contribution is 14.1. The molecule has 0 saturated heterocycles. The summed E-state index contributed by atoms with van der Waals surface area (Å²) < 4.78 is 1.23. The van der Waals surface area contributed by atoms with Crippen molar-refractivity contribution in [3.63, 3.8) is 0 Å². The molecule has 2 nitrogen and oxygen atoms in total. The monoisotopic (exact) mass is 374 g/mol. The van der Waals surface area contributed by atoms with Gasteiger partial charge >= 0.3 is 0 Å². The maximum absolute atomic E-state index is 9.53. The van der Waals surface area contributed by atoms with Crippen LogP contribution in [0, 0.1) is 14.9 Å². The Kier molecular flexibility index (Phi) is 3.66. The number of nitrogens with zero attached hydrogens (tertiary/aromatic N) is 1. The van der Waals surface area contributed by atoms with Gasteiger partial charge in [0, 0.05) is 15.3 Å². The van der Waals surface area contributed by atoms with Crippen molar-refractivity contribution < 1.29 is 0 Å². The van der Waals surface area contributed by atoms with Gasteiger partial charge in [-0.25, -0.2) is 0 Å². The molecule has 0 unspecified atom stereocenters. The van der Waals surface area contributed by atoms with E-state index in [1.165, 1.54) is 3.57 Å². The second kappa shape index (κ2) is 5.45. The fraction of sp³-hybridized carbons (Fsp3) is 0.235. The van der Waals surface area contributed by atoms with E-state index in [0.29, 0.717) is 6.04 Å². The molecule has 0 aliphatic heterocycles. The summed E-state index contributed by atoms with van der Waals surface area (Å²) in [7, 11) is 0. The van der Waals surface area contributed by atoms with E-state index in [-0.39, 0.29) is 5.41 Å². The van der Waals surface area contributed by atoms with Crippen LogP contribution in [-0.4, -0.2) is 6.04 Å². The lowest BCUT2D eigenvalue weighted by molar-refractivity contribution is 0.289. The van der Waals surface area contributed by atoms with Gasteiger partial charge in [-0.1, -0.05) is 30.3 Å². The molecule has 1 aliphatic carbocycles. The number of hydrogen-bond donors (Lipinski definition) is 1. The second-order valence-electron chi connectivity index (χ2n) is 5.32. The molecule has 0 aromatic heterocycles. The van der Waals surface area contributed by atoms with Gasteiger partial charge < -0.3 is 5.32 Å². The maximum Gasteiger partial charge on any atom is 0.0861 e. The Morgan fingerprint density at radius 1 is 1.05 bits per heavy atom. The Morgan fingerprint density at radius 3 is 2.30 bits per heavy atom. The van der Waals surface area contributed by atoms with Crippen LogP contribution in [0.25, 0.3) is 0 Å². The highest BCUT2D eigenvalue weighted by Gasteiger charge is 2.46. The van der Waals surface area contributed by atoms with Crippen LogP contribution in [0.4, 0.5) is 5.69 Å². The lowest BCUT2D eigenvalue weighted by Crippen LogP contribution is -2.47. The molecule has 2 aromatic rings. The third-order valence-electron chi connectivity index (χ3n) is 3.95. The lowest BCUT2D eigenvalue weighted by Gasteiger charge is -2.43. The molecule has 0 spiro atoms. The molecule has 0 bridgehead atoms. The van der Waals surface area contributed by atoms with Crippen LogP contribution in [0.2, 0.25) is 0 Å². The van der Waals surface area contributed by atoms with Crippen molar-refractivity contribution in [3.05, 3.63) is 63.7 Å². The number of anilines is 1. The lowest BCUT2D eigenvalue weighted by atomic mass is 9.62. The molecule has 1 saturated carbocycles. The number of rotatable bonds is 3. The van der Waals surface area contributed by atoms with E-state index in [0.717, 1.165) is 24.1 Å². The smallest absolute Gasteiger partial charge is 0.0861 e. The first-order valence-electron chi connectivity index (χ1n) is 6.71. The molecule has 0 atom stereocenters. The standard InChI is InChI=1S/C17H15IN2/c18-14-6-8-15(9-7-14)20-16-10-17(11-16,12-19)13-4-2-1-3-5-13/h1-9,16,20H,10-11H2. The average Bonchev–Trinajstić information content (AvgIpc) is 2.45. The molecular formula is C17H15IN2. The summed E-state index contributed by atoms with van der Waals surface area (Å²) in [4.78, 5) is 0. The van der Waals surface area contributed by atoms with E-state index < -0.39 is 0 Å². The van der Waals surface area contributed by atoms with Crippen molar-refractivity contribution in [1.29, 1.82) is 5.26 Å². The maximum atomic E-state index is 9.53. The predicted octanol–water partition coefficient (Wildman–Crippen LogP) is 4.33. The number of nitriles is 1. The van der Waals surface area contributed by atoms with E-state index in [1.54, 1.807) is 0 Å². The first kappa shape index (κ1) is 13.4. The number of nitrogens with one attached hydrogen (secondary N) is 1. The normalized spacial score (nSPS) is 24.5. The van der Waals surface area contributed by atoms with Gasteiger partial charge in [-0.3, -0.25) is 0 Å². The van der Waals surface area contributed by atoms with Gasteiger partial charge in [0.05, 0.1) is 11.5 Å². The van der Waals surface area contributed by atoms with Crippen molar-refractivity contribution >= 4 is 28.3 Å². The fourth-order valence-corrected chi connectivity index (χ4v) is 3.17. The highest BCUT2D eigenvalue weighted by Crippen LogP contribution is 2.44. The topological polar surface area (TPSA) is 35.8 Å². The first-order chi connectivity index (χ1) is 9.72. The second-order valence-corrected chi connectivity index (χ2v) is 6.56. The Labute approximate surface area is 133 Å². The van der Waals surface area contributed by atoms with Crippen molar-refractivity contribution in [2.24, 2.45) is 0 Å². The van der Waals surface area contributed by atoms with Gasteiger partial charge in [0.15, 0.2) is 0 Å². The van der Waals surface area contributed by atoms with E-state index in [1.807, 2.05) is 18.2 Å². The average molecular weight is 374 g/mol. The molecule has 1 N–H and O–H groups in total. The third kappa shape index (κ3) is 2.53. The highest BCUT2D eigenvalue weighted by atomic mass is 127. The first-order valence-corrected chi connectivity index (χ1v) is 7.79. The Bertz CT molecular complexity index is 622. The van der Waals surface area contributed by atoms with Gasteiger partial charge in [-0.05, 0) is 65.3 Å². The molecule has 0 radical (unpaired) electrons. The van der Waals surface area contributed by atoms with Gasteiger partial charge in [0.25, 0.3) is 0 Å². The van der Waals surface area contributed by atoms with Crippen molar-refractivity contribution in [2.45, 2.75) is 24.3 Å². The summed E-state index contributed by atoms with van der Waals surface area (Å²) in [5, 5.41) is 13.0. The van der Waals surface area contributed by atoms with Crippen LogP contribution in [0.5, 0.6) is 0 Å². The zero-order chi connectivity index (χ0) is 14.0. The van der Waals surface area contributed by atoms with Crippen LogP contribution < -0.4 is 5.32 Å². The van der Waals surface area contributed by atoms with Crippen molar-refractivity contribution in [1.82, 2.24) is 0 Å². The molecule has 1 fully saturated rings. The van der Waals surface area contributed by atoms with Gasteiger partial charge in [0.1, 0.15) is 0 Å². The van der Waals surface area contributed by atoms with E-state index in [2.05, 4.69) is 70.4 Å². The summed E-state index contributed by atoms with van der Waals surface area (Å²) >= 11 is 2.30. The quantitative estimate of drug-likeness (QED) is 0.812. The Morgan fingerprint density at radius 2 is 1.70 bits per heavy atom. The van der Waals surface area contributed by atoms with E-state index in [9.17, 15) is 5.26 Å². The van der Waals surface area contributed by atoms with E-state index >= 15 is 0 Å². The molecule has 100 valence electrons. The SMILES string of the molecule is N#CC1(c2ccccc2)CC(Nc2ccc(I)cc2)C1. The Balaban J connectivity index is 1.68. The van der Waals surface area contributed by atoms with Crippen LogP contribution in [-0.2, 0) is 5.41 Å². The molecule has 3 rings (SSSR count). The molecule has 2 aromatic carbocycles. The third-order valence-corrected chi connectivity index (χ3v) is 4.66. The Hall–Kier alpha value is -1.54. The zero-order valence-corrected chi connectivity index (χ0v) is 13.2.